The SMILES string of the molecule is c1ccc2c(c1)CN(CC1CC1)C2. The van der Waals surface area contributed by atoms with E-state index in [4.69, 9.17) is 0 Å². The minimum Gasteiger partial charge on any atom is -0.295 e. The molecule has 1 fully saturated rings. The molecule has 1 heteroatoms. The molecule has 0 aromatic heterocycles. The van der Waals surface area contributed by atoms with Gasteiger partial charge in [0.05, 0.1) is 0 Å². The van der Waals surface area contributed by atoms with Crippen LogP contribution in [0.25, 0.3) is 0 Å². The summed E-state index contributed by atoms with van der Waals surface area (Å²) in [7, 11) is 0. The zero-order valence-electron chi connectivity index (χ0n) is 7.87. The Kier molecular flexibility index (Phi) is 1.66. The first-order chi connectivity index (χ1) is 6.42. The number of nitrogens with zero attached hydrogens (tertiary/aromatic N) is 1. The molecule has 2 aliphatic rings. The quantitative estimate of drug-likeness (QED) is 0.664. The maximum absolute atomic E-state index is 2.59. The Labute approximate surface area is 79.4 Å². The van der Waals surface area contributed by atoms with Crippen molar-refractivity contribution in [2.75, 3.05) is 6.54 Å². The monoisotopic (exact) mass is 173 g/mol. The van der Waals surface area contributed by atoms with Crippen molar-refractivity contribution in [1.29, 1.82) is 0 Å². The fraction of sp³-hybridized carbons (Fsp3) is 0.500. The zero-order valence-corrected chi connectivity index (χ0v) is 7.87. The van der Waals surface area contributed by atoms with Gasteiger partial charge in [0, 0.05) is 19.6 Å². The molecule has 1 aliphatic heterocycles. The molecule has 1 aromatic carbocycles. The molecule has 0 amide bonds. The van der Waals surface area contributed by atoms with Crippen LogP contribution in [-0.2, 0) is 13.1 Å². The first-order valence-corrected chi connectivity index (χ1v) is 5.21. The molecule has 0 spiro atoms. The molecule has 1 aliphatic carbocycles. The first-order valence-electron chi connectivity index (χ1n) is 5.21. The number of benzene rings is 1. The van der Waals surface area contributed by atoms with E-state index in [0.29, 0.717) is 0 Å². The van der Waals surface area contributed by atoms with E-state index in [2.05, 4.69) is 29.2 Å². The average molecular weight is 173 g/mol. The lowest BCUT2D eigenvalue weighted by Crippen LogP contribution is -2.18. The van der Waals surface area contributed by atoms with E-state index in [1.165, 1.54) is 32.5 Å². The van der Waals surface area contributed by atoms with Crippen LogP contribution in [0.15, 0.2) is 24.3 Å². The lowest BCUT2D eigenvalue weighted by molar-refractivity contribution is 0.272. The Morgan fingerprint density at radius 1 is 1.08 bits per heavy atom. The van der Waals surface area contributed by atoms with Gasteiger partial charge in [0.25, 0.3) is 0 Å². The predicted octanol–water partition coefficient (Wildman–Crippen LogP) is 2.41. The van der Waals surface area contributed by atoms with E-state index in [0.717, 1.165) is 5.92 Å². The summed E-state index contributed by atoms with van der Waals surface area (Å²) in [5, 5.41) is 0. The van der Waals surface area contributed by atoms with Gasteiger partial charge in [-0.1, -0.05) is 24.3 Å². The van der Waals surface area contributed by atoms with E-state index in [1.807, 2.05) is 0 Å². The van der Waals surface area contributed by atoms with Crippen molar-refractivity contribution < 1.29 is 0 Å². The molecule has 0 bridgehead atoms. The molecule has 0 N–H and O–H groups in total. The molecule has 1 heterocycles. The maximum atomic E-state index is 2.59. The van der Waals surface area contributed by atoms with E-state index < -0.39 is 0 Å². The second-order valence-corrected chi connectivity index (χ2v) is 4.38. The molecular formula is C12H15N. The van der Waals surface area contributed by atoms with Gasteiger partial charge in [-0.15, -0.1) is 0 Å². The fourth-order valence-electron chi connectivity index (χ4n) is 2.20. The molecule has 0 unspecified atom stereocenters. The number of rotatable bonds is 2. The van der Waals surface area contributed by atoms with Crippen molar-refractivity contribution in [2.45, 2.75) is 25.9 Å². The Morgan fingerprint density at radius 3 is 2.23 bits per heavy atom. The van der Waals surface area contributed by atoms with Crippen LogP contribution < -0.4 is 0 Å². The first kappa shape index (κ1) is 7.57. The second kappa shape index (κ2) is 2.85. The summed E-state index contributed by atoms with van der Waals surface area (Å²) in [5.74, 6) is 1.02. The summed E-state index contributed by atoms with van der Waals surface area (Å²) in [4.78, 5) is 2.59. The van der Waals surface area contributed by atoms with E-state index >= 15 is 0 Å². The van der Waals surface area contributed by atoms with Crippen molar-refractivity contribution in [3.05, 3.63) is 35.4 Å². The zero-order chi connectivity index (χ0) is 8.67. The normalized spacial score (nSPS) is 21.8. The minimum absolute atomic E-state index is 1.02. The standard InChI is InChI=1S/C12H15N/c1-2-4-12-9-13(7-10-5-6-10)8-11(12)3-1/h1-4,10H,5-9H2. The van der Waals surface area contributed by atoms with E-state index in [9.17, 15) is 0 Å². The molecule has 1 nitrogen and oxygen atoms in total. The third kappa shape index (κ3) is 1.49. The highest BCUT2D eigenvalue weighted by atomic mass is 15.1. The highest BCUT2D eigenvalue weighted by Crippen LogP contribution is 2.32. The van der Waals surface area contributed by atoms with Gasteiger partial charge < -0.3 is 0 Å². The predicted molar refractivity (Wildman–Crippen MR) is 53.3 cm³/mol. The number of hydrogen-bond acceptors (Lipinski definition) is 1. The minimum atomic E-state index is 1.02. The van der Waals surface area contributed by atoms with Crippen LogP contribution in [0.4, 0.5) is 0 Å². The molecule has 0 atom stereocenters. The highest BCUT2D eigenvalue weighted by Gasteiger charge is 2.27. The smallest absolute Gasteiger partial charge is 0.0240 e. The van der Waals surface area contributed by atoms with Crippen LogP contribution in [0.2, 0.25) is 0 Å². The van der Waals surface area contributed by atoms with Crippen molar-refractivity contribution in [1.82, 2.24) is 4.90 Å². The van der Waals surface area contributed by atoms with Crippen molar-refractivity contribution in [2.24, 2.45) is 5.92 Å². The van der Waals surface area contributed by atoms with Crippen LogP contribution in [0.1, 0.15) is 24.0 Å². The lowest BCUT2D eigenvalue weighted by atomic mass is 10.1. The Bertz CT molecular complexity index is 290. The third-order valence-corrected chi connectivity index (χ3v) is 3.12. The molecule has 0 saturated heterocycles. The fourth-order valence-corrected chi connectivity index (χ4v) is 2.20. The van der Waals surface area contributed by atoms with Gasteiger partial charge in [0.2, 0.25) is 0 Å². The van der Waals surface area contributed by atoms with E-state index in [-0.39, 0.29) is 0 Å². The number of fused-ring (bicyclic) bond motifs is 1. The Balaban J connectivity index is 1.73. The van der Waals surface area contributed by atoms with Crippen LogP contribution in [0.3, 0.4) is 0 Å². The molecular weight excluding hydrogens is 158 g/mol. The summed E-state index contributed by atoms with van der Waals surface area (Å²) in [5.41, 5.74) is 3.09. The van der Waals surface area contributed by atoms with Crippen LogP contribution in [0, 0.1) is 5.92 Å². The van der Waals surface area contributed by atoms with Crippen LogP contribution >= 0.6 is 0 Å². The highest BCUT2D eigenvalue weighted by molar-refractivity contribution is 5.30. The van der Waals surface area contributed by atoms with Gasteiger partial charge in [-0.2, -0.15) is 0 Å². The summed E-state index contributed by atoms with van der Waals surface area (Å²) in [6, 6.07) is 8.84. The molecule has 1 saturated carbocycles. The Hall–Kier alpha value is -0.820. The van der Waals surface area contributed by atoms with Gasteiger partial charge in [-0.25, -0.2) is 0 Å². The van der Waals surface area contributed by atoms with Gasteiger partial charge in [0.15, 0.2) is 0 Å². The van der Waals surface area contributed by atoms with Crippen molar-refractivity contribution >= 4 is 0 Å². The average Bonchev–Trinajstić information content (AvgIpc) is 2.85. The van der Waals surface area contributed by atoms with Crippen LogP contribution in [0.5, 0.6) is 0 Å². The van der Waals surface area contributed by atoms with Crippen molar-refractivity contribution in [3.8, 4) is 0 Å². The third-order valence-electron chi connectivity index (χ3n) is 3.12. The lowest BCUT2D eigenvalue weighted by Gasteiger charge is -2.13. The summed E-state index contributed by atoms with van der Waals surface area (Å²) in [6.45, 7) is 3.70. The molecule has 0 radical (unpaired) electrons. The maximum Gasteiger partial charge on any atom is 0.0240 e. The number of hydrogen-bond donors (Lipinski definition) is 0. The Morgan fingerprint density at radius 2 is 1.69 bits per heavy atom. The van der Waals surface area contributed by atoms with Crippen molar-refractivity contribution in [3.63, 3.8) is 0 Å². The summed E-state index contributed by atoms with van der Waals surface area (Å²) in [6.07, 6.45) is 2.93. The summed E-state index contributed by atoms with van der Waals surface area (Å²) >= 11 is 0. The van der Waals surface area contributed by atoms with Gasteiger partial charge in [-0.3, -0.25) is 4.90 Å². The van der Waals surface area contributed by atoms with E-state index in [1.54, 1.807) is 11.1 Å². The van der Waals surface area contributed by atoms with Gasteiger partial charge in [-0.05, 0) is 29.9 Å². The molecule has 13 heavy (non-hydrogen) atoms. The molecule has 68 valence electrons. The molecule has 3 rings (SSSR count). The molecule has 1 aromatic rings. The topological polar surface area (TPSA) is 3.24 Å². The largest absolute Gasteiger partial charge is 0.295 e. The second-order valence-electron chi connectivity index (χ2n) is 4.38. The van der Waals surface area contributed by atoms with Gasteiger partial charge >= 0.3 is 0 Å². The van der Waals surface area contributed by atoms with Gasteiger partial charge in [0.1, 0.15) is 0 Å². The van der Waals surface area contributed by atoms with Crippen LogP contribution in [-0.4, -0.2) is 11.4 Å². The summed E-state index contributed by atoms with van der Waals surface area (Å²) < 4.78 is 0.